The third kappa shape index (κ3) is 1.74. The van der Waals surface area contributed by atoms with E-state index in [2.05, 4.69) is 5.16 Å². The van der Waals surface area contributed by atoms with Gasteiger partial charge in [-0.15, -0.1) is 0 Å². The van der Waals surface area contributed by atoms with Crippen LogP contribution >= 0.6 is 11.6 Å². The van der Waals surface area contributed by atoms with Gasteiger partial charge < -0.3 is 10.3 Å². The van der Waals surface area contributed by atoms with Gasteiger partial charge in [0.2, 0.25) is 0 Å². The number of nitrogen functional groups attached to an aromatic ring is 1. The quantitative estimate of drug-likeness (QED) is 0.664. The van der Waals surface area contributed by atoms with E-state index >= 15 is 0 Å². The minimum atomic E-state index is 0.664. The van der Waals surface area contributed by atoms with E-state index in [1.165, 1.54) is 0 Å². The van der Waals surface area contributed by atoms with Gasteiger partial charge in [0.15, 0.2) is 5.58 Å². The molecule has 0 aliphatic rings. The predicted molar refractivity (Wildman–Crippen MR) is 68.9 cm³/mol. The highest BCUT2D eigenvalue weighted by Crippen LogP contribution is 2.30. The summed E-state index contributed by atoms with van der Waals surface area (Å²) in [6.07, 6.45) is 0. The highest BCUT2D eigenvalue weighted by molar-refractivity contribution is 6.31. The molecule has 4 heteroatoms. The largest absolute Gasteiger partial charge is 0.399 e. The summed E-state index contributed by atoms with van der Waals surface area (Å²) in [4.78, 5) is 0. The Labute approximate surface area is 103 Å². The number of hydrogen-bond acceptors (Lipinski definition) is 3. The Kier molecular flexibility index (Phi) is 2.27. The zero-order valence-corrected chi connectivity index (χ0v) is 9.61. The summed E-state index contributed by atoms with van der Waals surface area (Å²) in [6, 6.07) is 12.9. The Morgan fingerprint density at radius 1 is 1.06 bits per heavy atom. The number of nitrogens with two attached hydrogens (primary N) is 1. The van der Waals surface area contributed by atoms with E-state index in [1.807, 2.05) is 36.4 Å². The molecule has 84 valence electrons. The van der Waals surface area contributed by atoms with Crippen LogP contribution in [0.1, 0.15) is 0 Å². The van der Waals surface area contributed by atoms with E-state index in [9.17, 15) is 0 Å². The van der Waals surface area contributed by atoms with Crippen molar-refractivity contribution >= 4 is 28.3 Å². The van der Waals surface area contributed by atoms with Crippen molar-refractivity contribution in [2.24, 2.45) is 0 Å². The van der Waals surface area contributed by atoms with Gasteiger partial charge in [0, 0.05) is 16.3 Å². The highest BCUT2D eigenvalue weighted by Gasteiger charge is 2.10. The molecule has 2 N–H and O–H groups in total. The van der Waals surface area contributed by atoms with E-state index in [-0.39, 0.29) is 0 Å². The average Bonchev–Trinajstić information content (AvgIpc) is 2.73. The molecule has 17 heavy (non-hydrogen) atoms. The van der Waals surface area contributed by atoms with E-state index in [4.69, 9.17) is 21.9 Å². The summed E-state index contributed by atoms with van der Waals surface area (Å²) in [5.74, 6) is 0. The highest BCUT2D eigenvalue weighted by atomic mass is 35.5. The van der Waals surface area contributed by atoms with Crippen LogP contribution in [0.3, 0.4) is 0 Å². The molecule has 1 heterocycles. The second-order valence-electron chi connectivity index (χ2n) is 3.79. The maximum absolute atomic E-state index is 5.97. The molecule has 0 saturated carbocycles. The first-order valence-electron chi connectivity index (χ1n) is 5.15. The first-order valence-corrected chi connectivity index (χ1v) is 5.53. The molecule has 0 aliphatic heterocycles. The Hall–Kier alpha value is -2.00. The number of fused-ring (bicyclic) bond motifs is 1. The number of rotatable bonds is 1. The van der Waals surface area contributed by atoms with Gasteiger partial charge in [0.05, 0.1) is 5.39 Å². The summed E-state index contributed by atoms with van der Waals surface area (Å²) in [6.45, 7) is 0. The Balaban J connectivity index is 2.23. The molecule has 0 bridgehead atoms. The SMILES string of the molecule is Nc1ccc(-c2noc3ccc(Cl)cc23)cc1. The zero-order valence-electron chi connectivity index (χ0n) is 8.85. The van der Waals surface area contributed by atoms with E-state index in [1.54, 1.807) is 6.07 Å². The van der Waals surface area contributed by atoms with Gasteiger partial charge in [-0.2, -0.15) is 0 Å². The Morgan fingerprint density at radius 3 is 2.59 bits per heavy atom. The number of halogens is 1. The van der Waals surface area contributed by atoms with Gasteiger partial charge in [-0.3, -0.25) is 0 Å². The van der Waals surface area contributed by atoms with Crippen molar-refractivity contribution in [2.45, 2.75) is 0 Å². The second kappa shape index (κ2) is 3.79. The molecular formula is C13H9ClN2O. The molecule has 3 aromatic rings. The van der Waals surface area contributed by atoms with Crippen molar-refractivity contribution in [3.05, 3.63) is 47.5 Å². The van der Waals surface area contributed by atoms with Gasteiger partial charge in [-0.25, -0.2) is 0 Å². The van der Waals surface area contributed by atoms with Crippen LogP contribution in [0, 0.1) is 0 Å². The fourth-order valence-electron chi connectivity index (χ4n) is 1.76. The molecule has 0 saturated heterocycles. The van der Waals surface area contributed by atoms with Gasteiger partial charge in [-0.1, -0.05) is 28.9 Å². The van der Waals surface area contributed by atoms with Crippen LogP contribution < -0.4 is 5.73 Å². The minimum absolute atomic E-state index is 0.664. The third-order valence-electron chi connectivity index (χ3n) is 2.62. The molecule has 2 aromatic carbocycles. The van der Waals surface area contributed by atoms with Crippen molar-refractivity contribution in [1.82, 2.24) is 5.16 Å². The van der Waals surface area contributed by atoms with Crippen LogP contribution in [0.15, 0.2) is 47.0 Å². The molecular weight excluding hydrogens is 236 g/mol. The number of benzene rings is 2. The monoisotopic (exact) mass is 244 g/mol. The molecule has 0 atom stereocenters. The van der Waals surface area contributed by atoms with Gasteiger partial charge in [0.1, 0.15) is 5.69 Å². The van der Waals surface area contributed by atoms with Crippen molar-refractivity contribution in [2.75, 3.05) is 5.73 Å². The van der Waals surface area contributed by atoms with E-state index in [0.29, 0.717) is 5.02 Å². The van der Waals surface area contributed by atoms with Gasteiger partial charge in [0.25, 0.3) is 0 Å². The van der Waals surface area contributed by atoms with Gasteiger partial charge >= 0.3 is 0 Å². The van der Waals surface area contributed by atoms with Crippen LogP contribution in [0.25, 0.3) is 22.2 Å². The second-order valence-corrected chi connectivity index (χ2v) is 4.23. The van der Waals surface area contributed by atoms with E-state index < -0.39 is 0 Å². The lowest BCUT2D eigenvalue weighted by Gasteiger charge is -1.97. The molecule has 0 aliphatic carbocycles. The smallest absolute Gasteiger partial charge is 0.167 e. The van der Waals surface area contributed by atoms with Crippen LogP contribution in [0.2, 0.25) is 5.02 Å². The van der Waals surface area contributed by atoms with Gasteiger partial charge in [-0.05, 0) is 30.3 Å². The van der Waals surface area contributed by atoms with Crippen LogP contribution in [-0.4, -0.2) is 5.16 Å². The Morgan fingerprint density at radius 2 is 1.82 bits per heavy atom. The first-order chi connectivity index (χ1) is 8.24. The lowest BCUT2D eigenvalue weighted by Crippen LogP contribution is -1.84. The maximum atomic E-state index is 5.97. The van der Waals surface area contributed by atoms with Crippen molar-refractivity contribution in [1.29, 1.82) is 0 Å². The normalized spacial score (nSPS) is 10.9. The van der Waals surface area contributed by atoms with E-state index in [0.717, 1.165) is 27.9 Å². The summed E-state index contributed by atoms with van der Waals surface area (Å²) >= 11 is 5.97. The fraction of sp³-hybridized carbons (Fsp3) is 0. The summed E-state index contributed by atoms with van der Waals surface area (Å²) < 4.78 is 5.25. The van der Waals surface area contributed by atoms with Crippen molar-refractivity contribution in [3.63, 3.8) is 0 Å². The topological polar surface area (TPSA) is 52.0 Å². The van der Waals surface area contributed by atoms with Crippen molar-refractivity contribution < 1.29 is 4.52 Å². The first kappa shape index (κ1) is 10.2. The predicted octanol–water partition coefficient (Wildman–Crippen LogP) is 3.73. The molecule has 0 unspecified atom stereocenters. The summed E-state index contributed by atoms with van der Waals surface area (Å²) in [7, 11) is 0. The fourth-order valence-corrected chi connectivity index (χ4v) is 1.93. The maximum Gasteiger partial charge on any atom is 0.167 e. The standard InChI is InChI=1S/C13H9ClN2O/c14-9-3-6-12-11(7-9)13(16-17-12)8-1-4-10(15)5-2-8/h1-7H,15H2. The lowest BCUT2D eigenvalue weighted by atomic mass is 10.1. The minimum Gasteiger partial charge on any atom is -0.399 e. The summed E-state index contributed by atoms with van der Waals surface area (Å²) in [5.41, 5.74) is 8.84. The van der Waals surface area contributed by atoms with Crippen LogP contribution in [0.5, 0.6) is 0 Å². The lowest BCUT2D eigenvalue weighted by molar-refractivity contribution is 0.459. The molecule has 0 amide bonds. The van der Waals surface area contributed by atoms with Crippen LogP contribution in [-0.2, 0) is 0 Å². The molecule has 3 nitrogen and oxygen atoms in total. The molecule has 0 spiro atoms. The van der Waals surface area contributed by atoms with Crippen molar-refractivity contribution in [3.8, 4) is 11.3 Å². The third-order valence-corrected chi connectivity index (χ3v) is 2.85. The molecule has 1 aromatic heterocycles. The zero-order chi connectivity index (χ0) is 11.8. The molecule has 3 rings (SSSR count). The Bertz CT molecular complexity index is 673. The number of nitrogens with zero attached hydrogens (tertiary/aromatic N) is 1. The number of anilines is 1. The molecule has 0 fully saturated rings. The number of aromatic nitrogens is 1. The summed E-state index contributed by atoms with van der Waals surface area (Å²) in [5, 5.41) is 5.63. The van der Waals surface area contributed by atoms with Crippen LogP contribution in [0.4, 0.5) is 5.69 Å². The average molecular weight is 245 g/mol. The molecule has 0 radical (unpaired) electrons. The number of hydrogen-bond donors (Lipinski definition) is 1.